The van der Waals surface area contributed by atoms with E-state index in [1.165, 1.54) is 0 Å². The molecule has 0 saturated carbocycles. The second kappa shape index (κ2) is 7.74. The van der Waals surface area contributed by atoms with Crippen molar-refractivity contribution in [2.75, 3.05) is 26.8 Å². The molecular weight excluding hydrogens is 341 g/mol. The molecule has 0 N–H and O–H groups in total. The molecule has 0 radical (unpaired) electrons. The number of halogens is 1. The van der Waals surface area contributed by atoms with Gasteiger partial charge in [0.2, 0.25) is 0 Å². The summed E-state index contributed by atoms with van der Waals surface area (Å²) in [4.78, 5) is 14.2. The number of ether oxygens (including phenoxy) is 1. The van der Waals surface area contributed by atoms with Crippen LogP contribution in [0.3, 0.4) is 0 Å². The smallest absolute Gasteiger partial charge is 0.253 e. The molecular formula is C14H20INO2. The SMILES string of the molecule is COCCN(CC(C)C)C(=O)c1ccc(I)cc1. The van der Waals surface area contributed by atoms with Crippen LogP contribution in [0.25, 0.3) is 0 Å². The van der Waals surface area contributed by atoms with E-state index in [1.807, 2.05) is 29.2 Å². The predicted octanol–water partition coefficient (Wildman–Crippen LogP) is 3.04. The van der Waals surface area contributed by atoms with Crippen molar-refractivity contribution in [3.05, 3.63) is 33.4 Å². The van der Waals surface area contributed by atoms with Gasteiger partial charge in [0.1, 0.15) is 0 Å². The molecule has 0 saturated heterocycles. The lowest BCUT2D eigenvalue weighted by Crippen LogP contribution is -2.36. The molecule has 0 unspecified atom stereocenters. The number of methoxy groups -OCH3 is 1. The predicted molar refractivity (Wildman–Crippen MR) is 81.8 cm³/mol. The lowest BCUT2D eigenvalue weighted by Gasteiger charge is -2.24. The Hall–Kier alpha value is -0.620. The van der Waals surface area contributed by atoms with Crippen LogP contribution in [-0.2, 0) is 4.74 Å². The van der Waals surface area contributed by atoms with E-state index in [-0.39, 0.29) is 5.91 Å². The zero-order valence-electron chi connectivity index (χ0n) is 11.1. The Kier molecular flexibility index (Phi) is 6.63. The molecule has 1 rings (SSSR count). The van der Waals surface area contributed by atoms with Crippen molar-refractivity contribution in [2.24, 2.45) is 5.92 Å². The number of amides is 1. The van der Waals surface area contributed by atoms with Gasteiger partial charge < -0.3 is 9.64 Å². The zero-order chi connectivity index (χ0) is 13.5. The van der Waals surface area contributed by atoms with Crippen molar-refractivity contribution in [1.29, 1.82) is 0 Å². The maximum Gasteiger partial charge on any atom is 0.253 e. The number of carbonyl (C=O) groups excluding carboxylic acids is 1. The zero-order valence-corrected chi connectivity index (χ0v) is 13.3. The van der Waals surface area contributed by atoms with E-state index in [9.17, 15) is 4.79 Å². The Morgan fingerprint density at radius 1 is 1.33 bits per heavy atom. The third kappa shape index (κ3) is 4.94. The first-order valence-electron chi connectivity index (χ1n) is 6.08. The molecule has 0 spiro atoms. The van der Waals surface area contributed by atoms with Gasteiger partial charge in [-0.3, -0.25) is 4.79 Å². The first-order chi connectivity index (χ1) is 8.54. The van der Waals surface area contributed by atoms with E-state index >= 15 is 0 Å². The topological polar surface area (TPSA) is 29.5 Å². The average molecular weight is 361 g/mol. The van der Waals surface area contributed by atoms with Crippen molar-refractivity contribution in [3.8, 4) is 0 Å². The van der Waals surface area contributed by atoms with Crippen LogP contribution in [0.4, 0.5) is 0 Å². The highest BCUT2D eigenvalue weighted by atomic mass is 127. The Labute approximate surface area is 123 Å². The molecule has 0 heterocycles. The van der Waals surface area contributed by atoms with Gasteiger partial charge in [-0.1, -0.05) is 13.8 Å². The van der Waals surface area contributed by atoms with Crippen molar-refractivity contribution in [3.63, 3.8) is 0 Å². The number of benzene rings is 1. The monoisotopic (exact) mass is 361 g/mol. The van der Waals surface area contributed by atoms with Crippen molar-refractivity contribution in [1.82, 2.24) is 4.90 Å². The second-order valence-corrected chi connectivity index (χ2v) is 5.89. The van der Waals surface area contributed by atoms with Gasteiger partial charge in [0.05, 0.1) is 6.61 Å². The van der Waals surface area contributed by atoms with Crippen LogP contribution < -0.4 is 0 Å². The highest BCUT2D eigenvalue weighted by molar-refractivity contribution is 14.1. The summed E-state index contributed by atoms with van der Waals surface area (Å²) < 4.78 is 6.20. The lowest BCUT2D eigenvalue weighted by molar-refractivity contribution is 0.0672. The molecule has 0 aromatic heterocycles. The summed E-state index contributed by atoms with van der Waals surface area (Å²) >= 11 is 2.23. The van der Waals surface area contributed by atoms with Gasteiger partial charge in [0, 0.05) is 29.3 Å². The maximum absolute atomic E-state index is 12.4. The Bertz CT molecular complexity index is 376. The number of rotatable bonds is 6. The van der Waals surface area contributed by atoms with Gasteiger partial charge in [-0.15, -0.1) is 0 Å². The van der Waals surface area contributed by atoms with Crippen molar-refractivity contribution < 1.29 is 9.53 Å². The summed E-state index contributed by atoms with van der Waals surface area (Å²) in [5.41, 5.74) is 0.743. The van der Waals surface area contributed by atoms with Crippen molar-refractivity contribution in [2.45, 2.75) is 13.8 Å². The fourth-order valence-corrected chi connectivity index (χ4v) is 2.05. The van der Waals surface area contributed by atoms with Gasteiger partial charge in [0.25, 0.3) is 5.91 Å². The number of hydrogen-bond donors (Lipinski definition) is 0. The molecule has 0 aliphatic carbocycles. The fourth-order valence-electron chi connectivity index (χ4n) is 1.69. The van der Waals surface area contributed by atoms with E-state index < -0.39 is 0 Å². The summed E-state index contributed by atoms with van der Waals surface area (Å²) in [6, 6.07) is 7.67. The normalized spacial score (nSPS) is 10.7. The molecule has 3 nitrogen and oxygen atoms in total. The Morgan fingerprint density at radius 2 is 1.94 bits per heavy atom. The van der Waals surface area contributed by atoms with E-state index in [0.717, 1.165) is 15.7 Å². The van der Waals surface area contributed by atoms with Crippen LogP contribution in [0.15, 0.2) is 24.3 Å². The second-order valence-electron chi connectivity index (χ2n) is 4.64. The molecule has 1 aromatic rings. The molecule has 0 atom stereocenters. The highest BCUT2D eigenvalue weighted by Gasteiger charge is 2.16. The van der Waals surface area contributed by atoms with Gasteiger partial charge in [-0.05, 0) is 52.8 Å². The molecule has 1 aromatic carbocycles. The van der Waals surface area contributed by atoms with E-state index in [4.69, 9.17) is 4.74 Å². The van der Waals surface area contributed by atoms with Crippen LogP contribution in [0, 0.1) is 9.49 Å². The van der Waals surface area contributed by atoms with Crippen molar-refractivity contribution >= 4 is 28.5 Å². The van der Waals surface area contributed by atoms with E-state index in [2.05, 4.69) is 36.4 Å². The quantitative estimate of drug-likeness (QED) is 0.729. The van der Waals surface area contributed by atoms with Crippen LogP contribution in [0.2, 0.25) is 0 Å². The summed E-state index contributed by atoms with van der Waals surface area (Å²) in [6.45, 7) is 6.19. The minimum absolute atomic E-state index is 0.0807. The van der Waals surface area contributed by atoms with E-state index in [0.29, 0.717) is 19.1 Å². The van der Waals surface area contributed by atoms with Crippen LogP contribution in [0.1, 0.15) is 24.2 Å². The van der Waals surface area contributed by atoms with Crippen LogP contribution in [-0.4, -0.2) is 37.6 Å². The lowest BCUT2D eigenvalue weighted by atomic mass is 10.1. The van der Waals surface area contributed by atoms with Gasteiger partial charge in [-0.25, -0.2) is 0 Å². The first kappa shape index (κ1) is 15.4. The molecule has 0 fully saturated rings. The fraction of sp³-hybridized carbons (Fsp3) is 0.500. The minimum Gasteiger partial charge on any atom is -0.383 e. The Balaban J connectivity index is 2.77. The van der Waals surface area contributed by atoms with Gasteiger partial charge >= 0.3 is 0 Å². The van der Waals surface area contributed by atoms with E-state index in [1.54, 1.807) is 7.11 Å². The molecule has 18 heavy (non-hydrogen) atoms. The molecule has 0 aliphatic heterocycles. The molecule has 0 aliphatic rings. The summed E-state index contributed by atoms with van der Waals surface area (Å²) in [6.07, 6.45) is 0. The minimum atomic E-state index is 0.0807. The molecule has 1 amide bonds. The maximum atomic E-state index is 12.4. The average Bonchev–Trinajstić information content (AvgIpc) is 2.34. The highest BCUT2D eigenvalue weighted by Crippen LogP contribution is 2.11. The number of hydrogen-bond acceptors (Lipinski definition) is 2. The largest absolute Gasteiger partial charge is 0.383 e. The number of nitrogens with zero attached hydrogens (tertiary/aromatic N) is 1. The molecule has 0 bridgehead atoms. The molecule has 4 heteroatoms. The third-order valence-electron chi connectivity index (χ3n) is 2.53. The van der Waals surface area contributed by atoms with Gasteiger partial charge in [-0.2, -0.15) is 0 Å². The standard InChI is InChI=1S/C14H20INO2/c1-11(2)10-16(8-9-18-3)14(17)12-4-6-13(15)7-5-12/h4-7,11H,8-10H2,1-3H3. The summed E-state index contributed by atoms with van der Waals surface area (Å²) in [5, 5.41) is 0. The van der Waals surface area contributed by atoms with Gasteiger partial charge in [0.15, 0.2) is 0 Å². The Morgan fingerprint density at radius 3 is 2.44 bits per heavy atom. The van der Waals surface area contributed by atoms with Crippen LogP contribution in [0.5, 0.6) is 0 Å². The molecule has 100 valence electrons. The summed E-state index contributed by atoms with van der Waals surface area (Å²) in [5.74, 6) is 0.534. The third-order valence-corrected chi connectivity index (χ3v) is 3.25. The van der Waals surface area contributed by atoms with Crippen LogP contribution >= 0.6 is 22.6 Å². The first-order valence-corrected chi connectivity index (χ1v) is 7.16. The summed E-state index contributed by atoms with van der Waals surface area (Å²) in [7, 11) is 1.66. The number of carbonyl (C=O) groups is 1.